The van der Waals surface area contributed by atoms with Crippen molar-refractivity contribution in [3.05, 3.63) is 88.7 Å². The average molecular weight is 508 g/mol. The summed E-state index contributed by atoms with van der Waals surface area (Å²) in [6.45, 7) is 1.98. The van der Waals surface area contributed by atoms with Crippen LogP contribution in [0.25, 0.3) is 5.76 Å². The second-order valence-electron chi connectivity index (χ2n) is 8.24. The first-order valence-corrected chi connectivity index (χ1v) is 11.5. The van der Waals surface area contributed by atoms with Gasteiger partial charge in [0.15, 0.2) is 11.5 Å². The summed E-state index contributed by atoms with van der Waals surface area (Å²) in [5.74, 6) is -2.41. The Morgan fingerprint density at radius 3 is 2.41 bits per heavy atom. The van der Waals surface area contributed by atoms with Crippen LogP contribution in [0, 0.1) is 5.82 Å². The number of para-hydroxylation sites is 1. The fourth-order valence-corrected chi connectivity index (χ4v) is 4.39. The average Bonchev–Trinajstić information content (AvgIpc) is 3.15. The number of ketones is 1. The fraction of sp³-hybridized carbons (Fsp3) is 0.214. The Morgan fingerprint density at radius 1 is 0.973 bits per heavy atom. The molecule has 0 radical (unpaired) electrons. The Bertz CT molecular complexity index is 1380. The number of aromatic hydroxyl groups is 1. The number of rotatable bonds is 8. The molecule has 1 unspecified atom stereocenters. The maximum absolute atomic E-state index is 14.1. The highest BCUT2D eigenvalue weighted by Gasteiger charge is 2.46. The minimum Gasteiger partial charge on any atom is -0.507 e. The maximum atomic E-state index is 14.1. The van der Waals surface area contributed by atoms with Crippen LogP contribution in [0.5, 0.6) is 23.0 Å². The zero-order valence-corrected chi connectivity index (χ0v) is 20.5. The Morgan fingerprint density at radius 2 is 1.70 bits per heavy atom. The summed E-state index contributed by atoms with van der Waals surface area (Å²) in [4.78, 5) is 28.0. The smallest absolute Gasteiger partial charge is 0.295 e. The van der Waals surface area contributed by atoms with E-state index in [-0.39, 0.29) is 41.5 Å². The van der Waals surface area contributed by atoms with Crippen molar-refractivity contribution in [2.45, 2.75) is 19.5 Å². The van der Waals surface area contributed by atoms with E-state index in [0.717, 1.165) is 12.1 Å². The molecule has 37 heavy (non-hydrogen) atoms. The molecule has 4 rings (SSSR count). The number of Topliss-reactive ketones (excluding diaryl/α,β-unsaturated/α-hetero) is 1. The van der Waals surface area contributed by atoms with Gasteiger partial charge in [-0.25, -0.2) is 4.39 Å². The van der Waals surface area contributed by atoms with Gasteiger partial charge in [0.2, 0.25) is 0 Å². The van der Waals surface area contributed by atoms with E-state index < -0.39 is 29.3 Å². The minimum absolute atomic E-state index is 0.0266. The predicted molar refractivity (Wildman–Crippen MR) is 133 cm³/mol. The summed E-state index contributed by atoms with van der Waals surface area (Å²) in [7, 11) is 2.84. The fourth-order valence-electron chi connectivity index (χ4n) is 4.39. The molecule has 0 bridgehead atoms. The summed E-state index contributed by atoms with van der Waals surface area (Å²) in [5.41, 5.74) is 0.694. The molecule has 1 amide bonds. The molecule has 3 aromatic carbocycles. The van der Waals surface area contributed by atoms with E-state index in [1.165, 1.54) is 43.4 Å². The zero-order chi connectivity index (χ0) is 26.7. The Kier molecular flexibility index (Phi) is 7.33. The number of aliphatic hydroxyl groups excluding tert-OH is 1. The largest absolute Gasteiger partial charge is 0.507 e. The predicted octanol–water partition coefficient (Wildman–Crippen LogP) is 4.57. The van der Waals surface area contributed by atoms with Crippen LogP contribution in [0.15, 0.2) is 66.2 Å². The number of benzene rings is 3. The van der Waals surface area contributed by atoms with Gasteiger partial charge in [0.25, 0.3) is 11.7 Å². The van der Waals surface area contributed by atoms with E-state index in [9.17, 15) is 24.2 Å². The van der Waals surface area contributed by atoms with Crippen LogP contribution < -0.4 is 14.2 Å². The number of ether oxygens (including phenoxy) is 3. The lowest BCUT2D eigenvalue weighted by Crippen LogP contribution is -2.29. The summed E-state index contributed by atoms with van der Waals surface area (Å²) in [6, 6.07) is 13.9. The van der Waals surface area contributed by atoms with E-state index in [4.69, 9.17) is 14.2 Å². The first kappa shape index (κ1) is 25.6. The Balaban J connectivity index is 1.94. The number of halogens is 1. The lowest BCUT2D eigenvalue weighted by Gasteiger charge is -2.26. The molecule has 0 saturated carbocycles. The van der Waals surface area contributed by atoms with Crippen molar-refractivity contribution in [1.29, 1.82) is 0 Å². The van der Waals surface area contributed by atoms with E-state index in [2.05, 4.69) is 0 Å². The SMILES string of the molecule is CCOc1cc(C2/C(=C(\O)c3cc(F)ccc3OC)C(=O)C(=O)N2Cc2ccccc2OC)ccc1O. The number of nitrogens with zero attached hydrogens (tertiary/aromatic N) is 1. The number of carbonyl (C=O) groups is 2. The normalized spacial score (nSPS) is 16.6. The highest BCUT2D eigenvalue weighted by atomic mass is 19.1. The van der Waals surface area contributed by atoms with Crippen molar-refractivity contribution in [3.8, 4) is 23.0 Å². The van der Waals surface area contributed by atoms with Crippen molar-refractivity contribution < 1.29 is 38.4 Å². The first-order chi connectivity index (χ1) is 17.8. The molecule has 1 heterocycles. The van der Waals surface area contributed by atoms with Crippen molar-refractivity contribution in [2.75, 3.05) is 20.8 Å². The van der Waals surface area contributed by atoms with E-state index in [1.807, 2.05) is 0 Å². The molecule has 192 valence electrons. The number of carbonyl (C=O) groups excluding carboxylic acids is 2. The molecular formula is C28H26FNO7. The van der Waals surface area contributed by atoms with Gasteiger partial charge in [-0.05, 0) is 48.9 Å². The van der Waals surface area contributed by atoms with Crippen LogP contribution >= 0.6 is 0 Å². The van der Waals surface area contributed by atoms with Crippen molar-refractivity contribution in [3.63, 3.8) is 0 Å². The summed E-state index contributed by atoms with van der Waals surface area (Å²) in [6.07, 6.45) is 0. The van der Waals surface area contributed by atoms with Gasteiger partial charge in [0.05, 0.1) is 44.5 Å². The van der Waals surface area contributed by atoms with Crippen LogP contribution in [0.2, 0.25) is 0 Å². The van der Waals surface area contributed by atoms with Gasteiger partial charge in [-0.15, -0.1) is 0 Å². The summed E-state index contributed by atoms with van der Waals surface area (Å²) >= 11 is 0. The molecular weight excluding hydrogens is 481 g/mol. The molecule has 9 heteroatoms. The lowest BCUT2D eigenvalue weighted by atomic mass is 9.94. The van der Waals surface area contributed by atoms with Crippen LogP contribution in [0.3, 0.4) is 0 Å². The molecule has 1 aliphatic heterocycles. The maximum Gasteiger partial charge on any atom is 0.295 e. The third-order valence-corrected chi connectivity index (χ3v) is 6.09. The highest BCUT2D eigenvalue weighted by Crippen LogP contribution is 2.44. The lowest BCUT2D eigenvalue weighted by molar-refractivity contribution is -0.140. The summed E-state index contributed by atoms with van der Waals surface area (Å²) in [5, 5.41) is 21.5. The van der Waals surface area contributed by atoms with E-state index in [1.54, 1.807) is 31.2 Å². The molecule has 1 fully saturated rings. The molecule has 0 aromatic heterocycles. The third-order valence-electron chi connectivity index (χ3n) is 6.09. The van der Waals surface area contributed by atoms with Gasteiger partial charge < -0.3 is 29.3 Å². The minimum atomic E-state index is -1.09. The number of phenolic OH excluding ortho intramolecular Hbond substituents is 1. The van der Waals surface area contributed by atoms with Crippen LogP contribution in [0.1, 0.15) is 29.7 Å². The summed E-state index contributed by atoms with van der Waals surface area (Å²) < 4.78 is 30.3. The third kappa shape index (κ3) is 4.80. The van der Waals surface area contributed by atoms with Crippen LogP contribution in [-0.4, -0.2) is 47.6 Å². The molecule has 8 nitrogen and oxygen atoms in total. The number of hydrogen-bond acceptors (Lipinski definition) is 7. The number of likely N-dealkylation sites (tertiary alicyclic amines) is 1. The highest BCUT2D eigenvalue weighted by molar-refractivity contribution is 6.46. The second-order valence-corrected chi connectivity index (χ2v) is 8.24. The number of methoxy groups -OCH3 is 2. The van der Waals surface area contributed by atoms with Gasteiger partial charge in [-0.1, -0.05) is 24.3 Å². The Hall–Kier alpha value is -4.53. The van der Waals surface area contributed by atoms with Crippen molar-refractivity contribution in [2.24, 2.45) is 0 Å². The molecule has 3 aromatic rings. The van der Waals surface area contributed by atoms with Crippen molar-refractivity contribution in [1.82, 2.24) is 4.90 Å². The van der Waals surface area contributed by atoms with Gasteiger partial charge in [0.1, 0.15) is 23.1 Å². The van der Waals surface area contributed by atoms with E-state index >= 15 is 0 Å². The molecule has 1 aliphatic rings. The van der Waals surface area contributed by atoms with Crippen molar-refractivity contribution >= 4 is 17.4 Å². The quantitative estimate of drug-likeness (QED) is 0.261. The van der Waals surface area contributed by atoms with E-state index in [0.29, 0.717) is 16.9 Å². The van der Waals surface area contributed by atoms with Gasteiger partial charge in [-0.2, -0.15) is 0 Å². The van der Waals surface area contributed by atoms with Gasteiger partial charge in [-0.3, -0.25) is 9.59 Å². The number of hydrogen-bond donors (Lipinski definition) is 2. The molecule has 0 aliphatic carbocycles. The number of amides is 1. The Labute approximate surface area is 213 Å². The number of phenols is 1. The molecule has 2 N–H and O–H groups in total. The van der Waals surface area contributed by atoms with Gasteiger partial charge >= 0.3 is 0 Å². The monoisotopic (exact) mass is 507 g/mol. The van der Waals surface area contributed by atoms with Crippen LogP contribution in [-0.2, 0) is 16.1 Å². The zero-order valence-electron chi connectivity index (χ0n) is 20.5. The molecule has 1 saturated heterocycles. The second kappa shape index (κ2) is 10.6. The molecule has 0 spiro atoms. The number of aliphatic hydroxyl groups is 1. The standard InChI is InChI=1S/C28H26FNO7/c1-4-37-23-13-16(9-11-20(23)31)25-24(26(32)19-14-18(29)10-12-22(19)36-3)27(33)28(34)30(25)15-17-7-5-6-8-21(17)35-2/h5-14,25,31-32H,4,15H2,1-3H3/b26-24+. The first-order valence-electron chi connectivity index (χ1n) is 11.5. The molecule has 1 atom stereocenters. The van der Waals surface area contributed by atoms with Gasteiger partial charge in [0, 0.05) is 5.56 Å². The topological polar surface area (TPSA) is 106 Å². The van der Waals surface area contributed by atoms with Crippen LogP contribution in [0.4, 0.5) is 4.39 Å².